The van der Waals surface area contributed by atoms with Crippen LogP contribution in [-0.2, 0) is 4.79 Å². The van der Waals surface area contributed by atoms with Gasteiger partial charge in [0.05, 0.1) is 4.88 Å². The third kappa shape index (κ3) is 3.71. The van der Waals surface area contributed by atoms with Crippen LogP contribution in [0, 0.1) is 6.92 Å². The van der Waals surface area contributed by atoms with Gasteiger partial charge in [0.25, 0.3) is 5.91 Å². The average molecular weight is 226 g/mol. The predicted molar refractivity (Wildman–Crippen MR) is 60.1 cm³/mol. The van der Waals surface area contributed by atoms with E-state index in [2.05, 4.69) is 10.6 Å². The van der Waals surface area contributed by atoms with E-state index in [1.165, 1.54) is 11.3 Å². The van der Waals surface area contributed by atoms with Gasteiger partial charge in [-0.15, -0.1) is 11.3 Å². The number of hydrogen-bond acceptors (Lipinski definition) is 3. The molecule has 0 aliphatic rings. The highest BCUT2D eigenvalue weighted by atomic mass is 32.1. The standard InChI is InChI=1S/C10H14N2O2S/c1-7-5-8(15-6-7)10(14)12-4-3-9(13)11-2/h5-6H,3-4H2,1-2H3,(H,11,13)(H,12,14). The Morgan fingerprint density at radius 3 is 2.73 bits per heavy atom. The molecule has 0 saturated heterocycles. The van der Waals surface area contributed by atoms with Gasteiger partial charge in [-0.1, -0.05) is 0 Å². The smallest absolute Gasteiger partial charge is 0.261 e. The second kappa shape index (κ2) is 5.50. The van der Waals surface area contributed by atoms with Gasteiger partial charge < -0.3 is 10.6 Å². The van der Waals surface area contributed by atoms with Crippen LogP contribution < -0.4 is 10.6 Å². The molecule has 0 radical (unpaired) electrons. The molecule has 2 N–H and O–H groups in total. The van der Waals surface area contributed by atoms with E-state index in [0.717, 1.165) is 5.56 Å². The van der Waals surface area contributed by atoms with Crippen molar-refractivity contribution < 1.29 is 9.59 Å². The summed E-state index contributed by atoms with van der Waals surface area (Å²) in [5.41, 5.74) is 1.08. The van der Waals surface area contributed by atoms with Crippen LogP contribution in [0.2, 0.25) is 0 Å². The predicted octanol–water partition coefficient (Wildman–Crippen LogP) is 0.922. The normalized spacial score (nSPS) is 9.73. The zero-order valence-electron chi connectivity index (χ0n) is 8.79. The van der Waals surface area contributed by atoms with Crippen LogP contribution in [-0.4, -0.2) is 25.4 Å². The summed E-state index contributed by atoms with van der Waals surface area (Å²) in [4.78, 5) is 23.1. The highest BCUT2D eigenvalue weighted by Gasteiger charge is 2.07. The van der Waals surface area contributed by atoms with Gasteiger partial charge in [0.15, 0.2) is 0 Å². The Balaban J connectivity index is 2.34. The lowest BCUT2D eigenvalue weighted by Gasteiger charge is -2.02. The minimum absolute atomic E-state index is 0.0716. The molecular weight excluding hydrogens is 212 g/mol. The molecule has 1 heterocycles. The van der Waals surface area contributed by atoms with E-state index in [-0.39, 0.29) is 11.8 Å². The lowest BCUT2D eigenvalue weighted by Crippen LogP contribution is -2.28. The fourth-order valence-electron chi connectivity index (χ4n) is 1.05. The van der Waals surface area contributed by atoms with Crippen molar-refractivity contribution in [2.24, 2.45) is 0 Å². The Bertz CT molecular complexity index is 360. The SMILES string of the molecule is CNC(=O)CCNC(=O)c1cc(C)cs1. The zero-order valence-corrected chi connectivity index (χ0v) is 9.61. The first-order valence-electron chi connectivity index (χ1n) is 4.67. The van der Waals surface area contributed by atoms with Crippen molar-refractivity contribution in [1.82, 2.24) is 10.6 Å². The summed E-state index contributed by atoms with van der Waals surface area (Å²) in [5, 5.41) is 7.11. The topological polar surface area (TPSA) is 58.2 Å². The number of amides is 2. The molecule has 15 heavy (non-hydrogen) atoms. The third-order valence-corrected chi connectivity index (χ3v) is 2.92. The molecule has 2 amide bonds. The van der Waals surface area contributed by atoms with Gasteiger partial charge in [-0.25, -0.2) is 0 Å². The van der Waals surface area contributed by atoms with Gasteiger partial charge in [-0.3, -0.25) is 9.59 Å². The maximum atomic E-state index is 11.5. The zero-order chi connectivity index (χ0) is 11.3. The second-order valence-electron chi connectivity index (χ2n) is 3.17. The molecule has 0 fully saturated rings. The highest BCUT2D eigenvalue weighted by Crippen LogP contribution is 2.12. The Hall–Kier alpha value is -1.36. The van der Waals surface area contributed by atoms with Crippen LogP contribution in [0.5, 0.6) is 0 Å². The molecule has 82 valence electrons. The van der Waals surface area contributed by atoms with E-state index < -0.39 is 0 Å². The Morgan fingerprint density at radius 1 is 1.47 bits per heavy atom. The summed E-state index contributed by atoms with van der Waals surface area (Å²) in [6, 6.07) is 1.83. The van der Waals surface area contributed by atoms with Gasteiger partial charge in [-0.05, 0) is 23.9 Å². The molecule has 0 aliphatic heterocycles. The molecule has 0 atom stereocenters. The van der Waals surface area contributed by atoms with E-state index in [1.54, 1.807) is 7.05 Å². The molecule has 0 unspecified atom stereocenters. The summed E-state index contributed by atoms with van der Waals surface area (Å²) in [6.45, 7) is 2.31. The minimum atomic E-state index is -0.114. The Kier molecular flexibility index (Phi) is 4.30. The maximum Gasteiger partial charge on any atom is 0.261 e. The lowest BCUT2D eigenvalue weighted by atomic mass is 10.3. The molecule has 5 heteroatoms. The van der Waals surface area contributed by atoms with E-state index >= 15 is 0 Å². The van der Waals surface area contributed by atoms with Crippen molar-refractivity contribution in [3.05, 3.63) is 21.9 Å². The first kappa shape index (κ1) is 11.7. The minimum Gasteiger partial charge on any atom is -0.359 e. The summed E-state index contributed by atoms with van der Waals surface area (Å²) in [6.07, 6.45) is 0.312. The Labute approximate surface area is 92.7 Å². The second-order valence-corrected chi connectivity index (χ2v) is 4.08. The van der Waals surface area contributed by atoms with Gasteiger partial charge in [-0.2, -0.15) is 0 Å². The molecule has 1 aromatic rings. The monoisotopic (exact) mass is 226 g/mol. The Morgan fingerprint density at radius 2 is 2.20 bits per heavy atom. The number of thiophene rings is 1. The van der Waals surface area contributed by atoms with Crippen LogP contribution in [0.15, 0.2) is 11.4 Å². The van der Waals surface area contributed by atoms with Crippen molar-refractivity contribution in [2.45, 2.75) is 13.3 Å². The van der Waals surface area contributed by atoms with Crippen LogP contribution in [0.25, 0.3) is 0 Å². The summed E-state index contributed by atoms with van der Waals surface area (Å²) in [5.74, 6) is -0.185. The largest absolute Gasteiger partial charge is 0.359 e. The van der Waals surface area contributed by atoms with Crippen LogP contribution >= 0.6 is 11.3 Å². The van der Waals surface area contributed by atoms with Crippen LogP contribution in [0.1, 0.15) is 21.7 Å². The van der Waals surface area contributed by atoms with Crippen molar-refractivity contribution >= 4 is 23.2 Å². The summed E-state index contributed by atoms with van der Waals surface area (Å²) >= 11 is 1.41. The van der Waals surface area contributed by atoms with Gasteiger partial charge in [0.2, 0.25) is 5.91 Å². The van der Waals surface area contributed by atoms with Gasteiger partial charge in [0, 0.05) is 20.0 Å². The van der Waals surface area contributed by atoms with Crippen LogP contribution in [0.3, 0.4) is 0 Å². The number of carbonyl (C=O) groups is 2. The first-order valence-corrected chi connectivity index (χ1v) is 5.55. The lowest BCUT2D eigenvalue weighted by molar-refractivity contribution is -0.120. The molecule has 4 nitrogen and oxygen atoms in total. The van der Waals surface area contributed by atoms with E-state index in [4.69, 9.17) is 0 Å². The fourth-order valence-corrected chi connectivity index (χ4v) is 1.87. The molecular formula is C10H14N2O2S. The molecule has 1 rings (SSSR count). The average Bonchev–Trinajstić information content (AvgIpc) is 2.64. The number of nitrogens with one attached hydrogen (secondary N) is 2. The fraction of sp³-hybridized carbons (Fsp3) is 0.400. The maximum absolute atomic E-state index is 11.5. The number of aryl methyl sites for hydroxylation is 1. The van der Waals surface area contributed by atoms with Crippen molar-refractivity contribution in [1.29, 1.82) is 0 Å². The molecule has 1 aromatic heterocycles. The third-order valence-electron chi connectivity index (χ3n) is 1.87. The number of rotatable bonds is 4. The molecule has 0 spiro atoms. The van der Waals surface area contributed by atoms with E-state index in [9.17, 15) is 9.59 Å². The van der Waals surface area contributed by atoms with Crippen molar-refractivity contribution in [3.8, 4) is 0 Å². The molecule has 0 aromatic carbocycles. The number of hydrogen-bond donors (Lipinski definition) is 2. The quantitative estimate of drug-likeness (QED) is 0.802. The summed E-state index contributed by atoms with van der Waals surface area (Å²) in [7, 11) is 1.58. The van der Waals surface area contributed by atoms with Crippen molar-refractivity contribution in [2.75, 3.05) is 13.6 Å². The van der Waals surface area contributed by atoms with Crippen molar-refractivity contribution in [3.63, 3.8) is 0 Å². The molecule has 0 bridgehead atoms. The molecule has 0 aliphatic carbocycles. The van der Waals surface area contributed by atoms with Gasteiger partial charge >= 0.3 is 0 Å². The van der Waals surface area contributed by atoms with E-state index in [0.29, 0.717) is 17.8 Å². The van der Waals surface area contributed by atoms with Crippen LogP contribution in [0.4, 0.5) is 0 Å². The molecule has 0 saturated carbocycles. The number of carbonyl (C=O) groups excluding carboxylic acids is 2. The first-order chi connectivity index (χ1) is 7.13. The highest BCUT2D eigenvalue weighted by molar-refractivity contribution is 7.12. The summed E-state index contributed by atoms with van der Waals surface area (Å²) < 4.78 is 0. The van der Waals surface area contributed by atoms with Gasteiger partial charge in [0.1, 0.15) is 0 Å². The van der Waals surface area contributed by atoms with E-state index in [1.807, 2.05) is 18.4 Å².